The highest BCUT2D eigenvalue weighted by Gasteiger charge is 2.62. The molecule has 5 nitrogen and oxygen atoms in total. The van der Waals surface area contributed by atoms with E-state index in [0.29, 0.717) is 24.9 Å². The first-order chi connectivity index (χ1) is 16.8. The minimum absolute atomic E-state index is 0.0777. The van der Waals surface area contributed by atoms with Gasteiger partial charge in [-0.3, -0.25) is 14.7 Å². The lowest BCUT2D eigenvalue weighted by Crippen LogP contribution is -2.53. The van der Waals surface area contributed by atoms with Gasteiger partial charge in [0, 0.05) is 37.3 Å². The molecule has 5 rings (SSSR count). The van der Waals surface area contributed by atoms with Gasteiger partial charge in [0.15, 0.2) is 0 Å². The number of aliphatic hydroxyl groups is 1. The van der Waals surface area contributed by atoms with E-state index in [2.05, 4.69) is 35.9 Å². The summed E-state index contributed by atoms with van der Waals surface area (Å²) in [5.74, 6) is 0.693. The Balaban J connectivity index is 1.40. The standard InChI is InChI=1S/C29H35FN2O3/c1-18-14-29(17-32-12-11-25(33)16-32)27(20(3)35-28(29)34)26(19(18)2)10-9-24-8-7-22(15-31-24)21-5-4-6-23(30)13-21/h4-10,13,15,18-20,25-27,33H,11-12,14,16-17H2,1-3H3/b10-9+/t18?,19?,20-,25+,26?,27+,29+/m1/s1. The molecule has 0 radical (unpaired) electrons. The molecule has 186 valence electrons. The largest absolute Gasteiger partial charge is 0.462 e. The quantitative estimate of drug-likeness (QED) is 0.625. The van der Waals surface area contributed by atoms with Crippen molar-refractivity contribution in [3.8, 4) is 11.1 Å². The molecule has 3 heterocycles. The zero-order chi connectivity index (χ0) is 24.7. The molecule has 0 amide bonds. The number of hydrogen-bond acceptors (Lipinski definition) is 5. The number of β-amino-alcohol motifs (C(OH)–C–C–N with tert-alkyl or cyclic N) is 1. The summed E-state index contributed by atoms with van der Waals surface area (Å²) >= 11 is 0. The number of ether oxygens (including phenoxy) is 1. The van der Waals surface area contributed by atoms with Crippen LogP contribution >= 0.6 is 0 Å². The van der Waals surface area contributed by atoms with Crippen molar-refractivity contribution in [2.45, 2.75) is 45.8 Å². The molecule has 1 aliphatic carbocycles. The van der Waals surface area contributed by atoms with Crippen LogP contribution in [0.1, 0.15) is 39.3 Å². The highest BCUT2D eigenvalue weighted by Crippen LogP contribution is 2.56. The number of pyridine rings is 1. The van der Waals surface area contributed by atoms with Gasteiger partial charge >= 0.3 is 5.97 Å². The third-order valence-corrected chi connectivity index (χ3v) is 8.64. The van der Waals surface area contributed by atoms with Crippen LogP contribution in [0.3, 0.4) is 0 Å². The Bertz CT molecular complexity index is 1100. The molecule has 6 heteroatoms. The van der Waals surface area contributed by atoms with Crippen molar-refractivity contribution in [1.82, 2.24) is 9.88 Å². The molecule has 2 aliphatic heterocycles. The van der Waals surface area contributed by atoms with Gasteiger partial charge in [-0.2, -0.15) is 0 Å². The van der Waals surface area contributed by atoms with Gasteiger partial charge in [-0.25, -0.2) is 4.39 Å². The van der Waals surface area contributed by atoms with E-state index in [4.69, 9.17) is 4.74 Å². The smallest absolute Gasteiger partial charge is 0.314 e. The fourth-order valence-electron chi connectivity index (χ4n) is 6.75. The summed E-state index contributed by atoms with van der Waals surface area (Å²) in [6.07, 6.45) is 7.17. The van der Waals surface area contributed by atoms with Crippen LogP contribution in [0, 0.1) is 34.9 Å². The molecular formula is C29H35FN2O3. The van der Waals surface area contributed by atoms with Gasteiger partial charge in [-0.15, -0.1) is 0 Å². The summed E-state index contributed by atoms with van der Waals surface area (Å²) in [5.41, 5.74) is 1.97. The number of fused-ring (bicyclic) bond motifs is 1. The monoisotopic (exact) mass is 478 g/mol. The summed E-state index contributed by atoms with van der Waals surface area (Å²) in [6, 6.07) is 10.4. The number of cyclic esters (lactones) is 1. The molecule has 1 saturated carbocycles. The molecule has 2 saturated heterocycles. The Kier molecular flexibility index (Phi) is 6.53. The maximum atomic E-state index is 13.6. The second-order valence-corrected chi connectivity index (χ2v) is 10.9. The lowest BCUT2D eigenvalue weighted by molar-refractivity contribution is -0.151. The van der Waals surface area contributed by atoms with Crippen molar-refractivity contribution in [2.75, 3.05) is 19.6 Å². The average Bonchev–Trinajstić information content (AvgIpc) is 3.34. The zero-order valence-electron chi connectivity index (χ0n) is 20.7. The molecular weight excluding hydrogens is 443 g/mol. The number of carbonyl (C=O) groups is 1. The second-order valence-electron chi connectivity index (χ2n) is 10.9. The van der Waals surface area contributed by atoms with Crippen molar-refractivity contribution >= 4 is 12.0 Å². The molecule has 1 aromatic carbocycles. The van der Waals surface area contributed by atoms with Crippen molar-refractivity contribution < 1.29 is 19.0 Å². The number of aliphatic hydroxyl groups excluding tert-OH is 1. The van der Waals surface area contributed by atoms with Gasteiger partial charge in [-0.05, 0) is 67.4 Å². The first kappa shape index (κ1) is 24.1. The van der Waals surface area contributed by atoms with E-state index < -0.39 is 5.41 Å². The third-order valence-electron chi connectivity index (χ3n) is 8.64. The topological polar surface area (TPSA) is 62.7 Å². The Morgan fingerprint density at radius 3 is 2.74 bits per heavy atom. The first-order valence-electron chi connectivity index (χ1n) is 12.8. The number of likely N-dealkylation sites (tertiary alicyclic amines) is 1. The number of hydrogen-bond donors (Lipinski definition) is 1. The van der Waals surface area contributed by atoms with Gasteiger partial charge in [0.05, 0.1) is 17.2 Å². The Hall–Kier alpha value is -2.57. The number of allylic oxidation sites excluding steroid dienone is 1. The van der Waals surface area contributed by atoms with Crippen molar-refractivity contribution in [2.24, 2.45) is 29.1 Å². The minimum atomic E-state index is -0.543. The lowest BCUT2D eigenvalue weighted by Gasteiger charge is -2.48. The molecule has 7 atom stereocenters. The van der Waals surface area contributed by atoms with Gasteiger partial charge in [-0.1, -0.05) is 38.1 Å². The molecule has 3 fully saturated rings. The zero-order valence-corrected chi connectivity index (χ0v) is 20.7. The van der Waals surface area contributed by atoms with Gasteiger partial charge in [0.2, 0.25) is 0 Å². The van der Waals surface area contributed by atoms with Crippen LogP contribution in [-0.4, -0.2) is 52.8 Å². The Labute approximate surface area is 207 Å². The van der Waals surface area contributed by atoms with E-state index in [1.807, 2.05) is 25.1 Å². The normalized spacial score (nSPS) is 35.4. The number of aromatic nitrogens is 1. The van der Waals surface area contributed by atoms with Gasteiger partial charge in [0.1, 0.15) is 11.9 Å². The van der Waals surface area contributed by atoms with Crippen LogP contribution in [-0.2, 0) is 9.53 Å². The molecule has 0 spiro atoms. The van der Waals surface area contributed by atoms with Crippen LogP contribution < -0.4 is 0 Å². The summed E-state index contributed by atoms with van der Waals surface area (Å²) in [7, 11) is 0. The summed E-state index contributed by atoms with van der Waals surface area (Å²) < 4.78 is 19.5. The molecule has 35 heavy (non-hydrogen) atoms. The predicted octanol–water partition coefficient (Wildman–Crippen LogP) is 4.81. The van der Waals surface area contributed by atoms with E-state index in [9.17, 15) is 14.3 Å². The molecule has 1 N–H and O–H groups in total. The van der Waals surface area contributed by atoms with Crippen LogP contribution in [0.15, 0.2) is 48.7 Å². The highest BCUT2D eigenvalue weighted by molar-refractivity contribution is 5.80. The number of nitrogens with zero attached hydrogens (tertiary/aromatic N) is 2. The van der Waals surface area contributed by atoms with Crippen molar-refractivity contribution in [3.63, 3.8) is 0 Å². The Morgan fingerprint density at radius 2 is 2.06 bits per heavy atom. The summed E-state index contributed by atoms with van der Waals surface area (Å²) in [4.78, 5) is 20.1. The van der Waals surface area contributed by atoms with Crippen LogP contribution in [0.25, 0.3) is 17.2 Å². The van der Waals surface area contributed by atoms with E-state index >= 15 is 0 Å². The third kappa shape index (κ3) is 4.54. The molecule has 3 unspecified atom stereocenters. The number of esters is 1. The van der Waals surface area contributed by atoms with E-state index in [-0.39, 0.29) is 35.8 Å². The van der Waals surface area contributed by atoms with E-state index in [1.165, 1.54) is 12.1 Å². The number of carbonyl (C=O) groups excluding carboxylic acids is 1. The Morgan fingerprint density at radius 1 is 1.23 bits per heavy atom. The maximum Gasteiger partial charge on any atom is 0.314 e. The molecule has 2 aromatic rings. The highest BCUT2D eigenvalue weighted by atomic mass is 19.1. The second kappa shape index (κ2) is 9.47. The summed E-state index contributed by atoms with van der Waals surface area (Å²) in [6.45, 7) is 8.65. The number of halogens is 1. The van der Waals surface area contributed by atoms with Crippen LogP contribution in [0.4, 0.5) is 4.39 Å². The maximum absolute atomic E-state index is 13.6. The van der Waals surface area contributed by atoms with Crippen LogP contribution in [0.5, 0.6) is 0 Å². The molecule has 0 bridgehead atoms. The molecule has 1 aromatic heterocycles. The summed E-state index contributed by atoms with van der Waals surface area (Å²) in [5, 5.41) is 10.1. The fraction of sp³-hybridized carbons (Fsp3) is 0.517. The number of benzene rings is 1. The van der Waals surface area contributed by atoms with Crippen LogP contribution in [0.2, 0.25) is 0 Å². The van der Waals surface area contributed by atoms with Gasteiger partial charge < -0.3 is 9.84 Å². The van der Waals surface area contributed by atoms with E-state index in [1.54, 1.807) is 12.3 Å². The fourth-order valence-corrected chi connectivity index (χ4v) is 6.75. The molecule has 3 aliphatic rings. The lowest BCUT2D eigenvalue weighted by atomic mass is 9.54. The first-order valence-corrected chi connectivity index (χ1v) is 12.8. The number of rotatable bonds is 5. The average molecular weight is 479 g/mol. The van der Waals surface area contributed by atoms with E-state index in [0.717, 1.165) is 36.2 Å². The van der Waals surface area contributed by atoms with Crippen molar-refractivity contribution in [3.05, 3.63) is 60.2 Å². The van der Waals surface area contributed by atoms with Gasteiger partial charge in [0.25, 0.3) is 0 Å². The minimum Gasteiger partial charge on any atom is -0.462 e. The van der Waals surface area contributed by atoms with Crippen molar-refractivity contribution in [1.29, 1.82) is 0 Å². The predicted molar refractivity (Wildman–Crippen MR) is 134 cm³/mol. The SMILES string of the molecule is CC1C[C@@]2(CN3CC[C@H](O)C3)C(=O)O[C@H](C)[C@H]2C(/C=C/c2ccc(-c3cccc(F)c3)cn2)C1C.